The summed E-state index contributed by atoms with van der Waals surface area (Å²) in [5, 5.41) is 7.69. The van der Waals surface area contributed by atoms with Crippen molar-refractivity contribution in [1.29, 1.82) is 0 Å². The lowest BCUT2D eigenvalue weighted by Crippen LogP contribution is -2.21. The molecule has 0 aliphatic carbocycles. The molecule has 2 rings (SSSR count). The van der Waals surface area contributed by atoms with E-state index in [1.54, 1.807) is 0 Å². The molecular formula is C14H19N3. The molecular weight excluding hydrogens is 210 g/mol. The molecule has 1 unspecified atom stereocenters. The Bertz CT molecular complexity index is 448. The lowest BCUT2D eigenvalue weighted by Gasteiger charge is -2.11. The van der Waals surface area contributed by atoms with Crippen LogP contribution in [-0.4, -0.2) is 16.3 Å². The molecule has 3 heteroatoms. The summed E-state index contributed by atoms with van der Waals surface area (Å²) in [5.41, 5.74) is 2.61. The van der Waals surface area contributed by atoms with Crippen molar-refractivity contribution in [3.05, 3.63) is 53.9 Å². The fourth-order valence-corrected chi connectivity index (χ4v) is 1.86. The second-order valence-corrected chi connectivity index (χ2v) is 4.36. The molecule has 0 saturated carbocycles. The Morgan fingerprint density at radius 2 is 2.06 bits per heavy atom. The highest BCUT2D eigenvalue weighted by Gasteiger charge is 2.05. The van der Waals surface area contributed by atoms with Gasteiger partial charge in [0.2, 0.25) is 0 Å². The van der Waals surface area contributed by atoms with Crippen LogP contribution in [0.1, 0.15) is 24.1 Å². The van der Waals surface area contributed by atoms with E-state index in [4.69, 9.17) is 0 Å². The first-order valence-electron chi connectivity index (χ1n) is 6.01. The van der Waals surface area contributed by atoms with Crippen molar-refractivity contribution in [2.75, 3.05) is 6.54 Å². The van der Waals surface area contributed by atoms with Gasteiger partial charge in [0.25, 0.3) is 0 Å². The van der Waals surface area contributed by atoms with E-state index >= 15 is 0 Å². The van der Waals surface area contributed by atoms with Crippen LogP contribution in [0.5, 0.6) is 0 Å². The molecule has 0 radical (unpaired) electrons. The number of aromatic nitrogens is 2. The lowest BCUT2D eigenvalue weighted by molar-refractivity contribution is 0.576. The van der Waals surface area contributed by atoms with Crippen molar-refractivity contribution in [2.24, 2.45) is 7.05 Å². The van der Waals surface area contributed by atoms with Crippen LogP contribution in [-0.2, 0) is 13.5 Å². The van der Waals surface area contributed by atoms with Gasteiger partial charge in [-0.1, -0.05) is 30.3 Å². The molecule has 1 N–H and O–H groups in total. The van der Waals surface area contributed by atoms with E-state index in [2.05, 4.69) is 53.9 Å². The Labute approximate surface area is 102 Å². The van der Waals surface area contributed by atoms with E-state index in [1.165, 1.54) is 11.1 Å². The third kappa shape index (κ3) is 3.43. The monoisotopic (exact) mass is 229 g/mol. The van der Waals surface area contributed by atoms with Crippen molar-refractivity contribution in [3.8, 4) is 0 Å². The van der Waals surface area contributed by atoms with Gasteiger partial charge in [-0.15, -0.1) is 0 Å². The molecule has 1 aromatic carbocycles. The molecule has 2 aromatic rings. The van der Waals surface area contributed by atoms with Gasteiger partial charge in [-0.05, 0) is 25.5 Å². The van der Waals surface area contributed by atoms with E-state index in [0.29, 0.717) is 6.04 Å². The highest BCUT2D eigenvalue weighted by Crippen LogP contribution is 2.10. The second-order valence-electron chi connectivity index (χ2n) is 4.36. The average Bonchev–Trinajstić information content (AvgIpc) is 2.77. The number of benzene rings is 1. The maximum absolute atomic E-state index is 4.18. The minimum Gasteiger partial charge on any atom is -0.310 e. The van der Waals surface area contributed by atoms with Crippen LogP contribution in [0.4, 0.5) is 0 Å². The number of hydrogen-bond donors (Lipinski definition) is 1. The molecule has 0 fully saturated rings. The maximum atomic E-state index is 4.18. The van der Waals surface area contributed by atoms with E-state index < -0.39 is 0 Å². The van der Waals surface area contributed by atoms with Gasteiger partial charge in [0.15, 0.2) is 0 Å². The van der Waals surface area contributed by atoms with E-state index in [9.17, 15) is 0 Å². The van der Waals surface area contributed by atoms with Crippen LogP contribution >= 0.6 is 0 Å². The lowest BCUT2D eigenvalue weighted by atomic mass is 10.1. The summed E-state index contributed by atoms with van der Waals surface area (Å²) in [5.74, 6) is 0. The molecule has 0 spiro atoms. The second kappa shape index (κ2) is 5.64. The van der Waals surface area contributed by atoms with Crippen LogP contribution in [0, 0.1) is 0 Å². The van der Waals surface area contributed by atoms with Crippen molar-refractivity contribution in [2.45, 2.75) is 19.4 Å². The highest BCUT2D eigenvalue weighted by molar-refractivity contribution is 5.15. The quantitative estimate of drug-likeness (QED) is 0.852. The molecule has 0 saturated heterocycles. The molecule has 0 bridgehead atoms. The largest absolute Gasteiger partial charge is 0.310 e. The standard InChI is InChI=1S/C14H19N3/c1-12(14-10-16-17(2)11-14)15-9-8-13-6-4-3-5-7-13/h3-7,10-12,15H,8-9H2,1-2H3. The normalized spacial score (nSPS) is 12.6. The van der Waals surface area contributed by atoms with Gasteiger partial charge in [0, 0.05) is 24.8 Å². The SMILES string of the molecule is CC(NCCc1ccccc1)c1cnn(C)c1. The first kappa shape index (κ1) is 11.9. The summed E-state index contributed by atoms with van der Waals surface area (Å²) in [6.07, 6.45) is 5.03. The molecule has 0 aliphatic rings. The summed E-state index contributed by atoms with van der Waals surface area (Å²) in [7, 11) is 1.94. The molecule has 90 valence electrons. The highest BCUT2D eigenvalue weighted by atomic mass is 15.2. The molecule has 0 aliphatic heterocycles. The zero-order valence-electron chi connectivity index (χ0n) is 10.4. The number of aryl methyl sites for hydroxylation is 1. The third-order valence-electron chi connectivity index (χ3n) is 2.93. The van der Waals surface area contributed by atoms with Gasteiger partial charge in [-0.25, -0.2) is 0 Å². The topological polar surface area (TPSA) is 29.9 Å². The molecule has 17 heavy (non-hydrogen) atoms. The van der Waals surface area contributed by atoms with Crippen molar-refractivity contribution < 1.29 is 0 Å². The fourth-order valence-electron chi connectivity index (χ4n) is 1.86. The van der Waals surface area contributed by atoms with Gasteiger partial charge in [-0.3, -0.25) is 4.68 Å². The summed E-state index contributed by atoms with van der Waals surface area (Å²) in [6.45, 7) is 3.15. The predicted molar refractivity (Wildman–Crippen MR) is 69.8 cm³/mol. The average molecular weight is 229 g/mol. The van der Waals surface area contributed by atoms with Crippen LogP contribution in [0.3, 0.4) is 0 Å². The summed E-state index contributed by atoms with van der Waals surface area (Å²) >= 11 is 0. The van der Waals surface area contributed by atoms with E-state index in [0.717, 1.165) is 13.0 Å². The Balaban J connectivity index is 1.79. The molecule has 1 atom stereocenters. The van der Waals surface area contributed by atoms with Crippen LogP contribution in [0.25, 0.3) is 0 Å². The van der Waals surface area contributed by atoms with Gasteiger partial charge in [-0.2, -0.15) is 5.10 Å². The minimum absolute atomic E-state index is 0.354. The van der Waals surface area contributed by atoms with Gasteiger partial charge >= 0.3 is 0 Å². The first-order valence-corrected chi connectivity index (χ1v) is 6.01. The van der Waals surface area contributed by atoms with Gasteiger partial charge in [0.1, 0.15) is 0 Å². The molecule has 0 amide bonds. The Morgan fingerprint density at radius 3 is 2.71 bits per heavy atom. The maximum Gasteiger partial charge on any atom is 0.0537 e. The Hall–Kier alpha value is -1.61. The van der Waals surface area contributed by atoms with Gasteiger partial charge in [0.05, 0.1) is 6.20 Å². The fraction of sp³-hybridized carbons (Fsp3) is 0.357. The number of hydrogen-bond acceptors (Lipinski definition) is 2. The van der Waals surface area contributed by atoms with E-state index in [-0.39, 0.29) is 0 Å². The van der Waals surface area contributed by atoms with Crippen LogP contribution in [0.15, 0.2) is 42.7 Å². The number of rotatable bonds is 5. The summed E-state index contributed by atoms with van der Waals surface area (Å²) in [4.78, 5) is 0. The zero-order valence-corrected chi connectivity index (χ0v) is 10.4. The van der Waals surface area contributed by atoms with Crippen LogP contribution in [0.2, 0.25) is 0 Å². The van der Waals surface area contributed by atoms with Gasteiger partial charge < -0.3 is 5.32 Å². The van der Waals surface area contributed by atoms with E-state index in [1.807, 2.05) is 17.9 Å². The minimum atomic E-state index is 0.354. The van der Waals surface area contributed by atoms with Crippen molar-refractivity contribution >= 4 is 0 Å². The molecule has 3 nitrogen and oxygen atoms in total. The van der Waals surface area contributed by atoms with Crippen molar-refractivity contribution in [1.82, 2.24) is 15.1 Å². The number of nitrogens with zero attached hydrogens (tertiary/aromatic N) is 2. The van der Waals surface area contributed by atoms with Crippen LogP contribution < -0.4 is 5.32 Å². The number of nitrogens with one attached hydrogen (secondary N) is 1. The first-order chi connectivity index (χ1) is 8.25. The Kier molecular flexibility index (Phi) is 3.94. The zero-order chi connectivity index (χ0) is 12.1. The smallest absolute Gasteiger partial charge is 0.0537 e. The predicted octanol–water partition coefficient (Wildman–Crippen LogP) is 2.31. The van der Waals surface area contributed by atoms with Crippen molar-refractivity contribution in [3.63, 3.8) is 0 Å². The molecule has 1 heterocycles. The summed E-state index contributed by atoms with van der Waals surface area (Å²) in [6, 6.07) is 10.9. The third-order valence-corrected chi connectivity index (χ3v) is 2.93. The molecule has 1 aromatic heterocycles. The Morgan fingerprint density at radius 1 is 1.29 bits per heavy atom. The summed E-state index contributed by atoms with van der Waals surface area (Å²) < 4.78 is 1.84.